The topological polar surface area (TPSA) is 46.1 Å². The second kappa shape index (κ2) is 6.08. The van der Waals surface area contributed by atoms with Crippen LogP contribution in [0.15, 0.2) is 12.1 Å². The number of rotatable bonds is 4. The minimum Gasteiger partial charge on any atom is -0.334 e. The number of nitrogens with zero attached hydrogens (tertiary/aromatic N) is 3. The molecule has 0 aromatic carbocycles. The van der Waals surface area contributed by atoms with Crippen LogP contribution in [0, 0.1) is 5.92 Å². The van der Waals surface area contributed by atoms with Gasteiger partial charge in [0.25, 0.3) is 5.91 Å². The SMILES string of the molecule is O=C(c1ccc(Cl)nn1)N(CC1CCCCC1)C1CC1. The van der Waals surface area contributed by atoms with Crippen molar-refractivity contribution in [1.82, 2.24) is 15.1 Å². The highest BCUT2D eigenvalue weighted by Gasteiger charge is 2.35. The third-order valence-electron chi connectivity index (χ3n) is 4.28. The summed E-state index contributed by atoms with van der Waals surface area (Å²) in [6, 6.07) is 3.73. The van der Waals surface area contributed by atoms with Gasteiger partial charge in [-0.05, 0) is 43.7 Å². The van der Waals surface area contributed by atoms with Gasteiger partial charge in [-0.3, -0.25) is 4.79 Å². The molecule has 3 rings (SSSR count). The minimum atomic E-state index is 0.0160. The fourth-order valence-corrected chi connectivity index (χ4v) is 3.11. The molecule has 2 aliphatic rings. The van der Waals surface area contributed by atoms with Crippen molar-refractivity contribution in [3.63, 3.8) is 0 Å². The van der Waals surface area contributed by atoms with E-state index in [-0.39, 0.29) is 5.91 Å². The number of hydrogen-bond acceptors (Lipinski definition) is 3. The standard InChI is InChI=1S/C15H20ClN3O/c16-14-9-8-13(17-18-14)15(20)19(12-6-7-12)10-11-4-2-1-3-5-11/h8-9,11-12H,1-7,10H2. The van der Waals surface area contributed by atoms with Crippen molar-refractivity contribution < 1.29 is 4.79 Å². The molecule has 5 heteroatoms. The van der Waals surface area contributed by atoms with E-state index in [2.05, 4.69) is 10.2 Å². The number of aromatic nitrogens is 2. The van der Waals surface area contributed by atoms with Crippen LogP contribution in [-0.2, 0) is 0 Å². The van der Waals surface area contributed by atoms with Crippen LogP contribution in [0.25, 0.3) is 0 Å². The highest BCUT2D eigenvalue weighted by molar-refractivity contribution is 6.29. The molecule has 1 aromatic rings. The molecule has 0 N–H and O–H groups in total. The van der Waals surface area contributed by atoms with Gasteiger partial charge in [0.15, 0.2) is 10.8 Å². The summed E-state index contributed by atoms with van der Waals surface area (Å²) < 4.78 is 0. The first kappa shape index (κ1) is 13.8. The lowest BCUT2D eigenvalue weighted by Gasteiger charge is -2.29. The lowest BCUT2D eigenvalue weighted by Crippen LogP contribution is -2.38. The Labute approximate surface area is 124 Å². The third-order valence-corrected chi connectivity index (χ3v) is 4.48. The van der Waals surface area contributed by atoms with Crippen LogP contribution < -0.4 is 0 Å². The van der Waals surface area contributed by atoms with Crippen LogP contribution >= 0.6 is 11.6 Å². The number of carbonyl (C=O) groups is 1. The molecule has 20 heavy (non-hydrogen) atoms. The Morgan fingerprint density at radius 1 is 1.15 bits per heavy atom. The van der Waals surface area contributed by atoms with Gasteiger partial charge in [-0.25, -0.2) is 0 Å². The van der Waals surface area contributed by atoms with Crippen molar-refractivity contribution in [1.29, 1.82) is 0 Å². The second-order valence-electron chi connectivity index (χ2n) is 5.93. The Morgan fingerprint density at radius 2 is 1.90 bits per heavy atom. The molecule has 2 aliphatic carbocycles. The molecule has 2 saturated carbocycles. The van der Waals surface area contributed by atoms with Crippen molar-refractivity contribution in [3.8, 4) is 0 Å². The predicted octanol–water partition coefficient (Wildman–Crippen LogP) is 3.31. The summed E-state index contributed by atoms with van der Waals surface area (Å²) in [6.07, 6.45) is 8.71. The van der Waals surface area contributed by atoms with Crippen molar-refractivity contribution in [3.05, 3.63) is 23.0 Å². The van der Waals surface area contributed by atoms with E-state index in [1.807, 2.05) is 4.90 Å². The van der Waals surface area contributed by atoms with Gasteiger partial charge < -0.3 is 4.90 Å². The van der Waals surface area contributed by atoms with Gasteiger partial charge in [0, 0.05) is 12.6 Å². The smallest absolute Gasteiger partial charge is 0.274 e. The summed E-state index contributed by atoms with van der Waals surface area (Å²) in [5.74, 6) is 0.677. The van der Waals surface area contributed by atoms with Crippen LogP contribution in [0.2, 0.25) is 5.15 Å². The predicted molar refractivity (Wildman–Crippen MR) is 77.7 cm³/mol. The van der Waals surface area contributed by atoms with Gasteiger partial charge in [0.1, 0.15) is 0 Å². The Balaban J connectivity index is 1.69. The van der Waals surface area contributed by atoms with Gasteiger partial charge in [0.05, 0.1) is 0 Å². The van der Waals surface area contributed by atoms with Crippen LogP contribution in [0.5, 0.6) is 0 Å². The van der Waals surface area contributed by atoms with E-state index < -0.39 is 0 Å². The summed E-state index contributed by atoms with van der Waals surface area (Å²) >= 11 is 5.73. The summed E-state index contributed by atoms with van der Waals surface area (Å²) in [5, 5.41) is 8.03. The Morgan fingerprint density at radius 3 is 2.50 bits per heavy atom. The monoisotopic (exact) mass is 293 g/mol. The third kappa shape index (κ3) is 3.29. The molecule has 2 fully saturated rings. The van der Waals surface area contributed by atoms with E-state index in [1.54, 1.807) is 12.1 Å². The molecule has 1 aromatic heterocycles. The van der Waals surface area contributed by atoms with E-state index in [4.69, 9.17) is 11.6 Å². The molecule has 0 spiro atoms. The summed E-state index contributed by atoms with van der Waals surface area (Å²) in [5.41, 5.74) is 0.414. The first-order chi connectivity index (χ1) is 9.74. The Bertz CT molecular complexity index is 467. The lowest BCUT2D eigenvalue weighted by molar-refractivity contribution is 0.0691. The van der Waals surface area contributed by atoms with Crippen LogP contribution in [0.4, 0.5) is 0 Å². The molecular weight excluding hydrogens is 274 g/mol. The van der Waals surface area contributed by atoms with Crippen LogP contribution in [0.3, 0.4) is 0 Å². The number of amides is 1. The molecule has 0 bridgehead atoms. The quantitative estimate of drug-likeness (QED) is 0.855. The molecule has 1 heterocycles. The van der Waals surface area contributed by atoms with Crippen molar-refractivity contribution in [2.75, 3.05) is 6.54 Å². The first-order valence-electron chi connectivity index (χ1n) is 7.54. The van der Waals surface area contributed by atoms with E-state index in [9.17, 15) is 4.79 Å². The molecule has 4 nitrogen and oxygen atoms in total. The largest absolute Gasteiger partial charge is 0.334 e. The summed E-state index contributed by atoms with van der Waals surface area (Å²) in [4.78, 5) is 14.6. The van der Waals surface area contributed by atoms with Gasteiger partial charge in [-0.15, -0.1) is 10.2 Å². The van der Waals surface area contributed by atoms with E-state index in [0.29, 0.717) is 22.8 Å². The van der Waals surface area contributed by atoms with Gasteiger partial charge in [-0.1, -0.05) is 30.9 Å². The lowest BCUT2D eigenvalue weighted by atomic mass is 9.89. The second-order valence-corrected chi connectivity index (χ2v) is 6.32. The van der Waals surface area contributed by atoms with Gasteiger partial charge in [0.2, 0.25) is 0 Å². The van der Waals surface area contributed by atoms with E-state index in [1.165, 1.54) is 32.1 Å². The molecule has 0 unspecified atom stereocenters. The normalized spacial score (nSPS) is 19.9. The zero-order valence-corrected chi connectivity index (χ0v) is 12.4. The molecule has 108 valence electrons. The zero-order chi connectivity index (χ0) is 13.9. The van der Waals surface area contributed by atoms with E-state index >= 15 is 0 Å². The summed E-state index contributed by atoms with van der Waals surface area (Å²) in [6.45, 7) is 0.883. The molecule has 0 atom stereocenters. The maximum Gasteiger partial charge on any atom is 0.274 e. The van der Waals surface area contributed by atoms with Gasteiger partial charge >= 0.3 is 0 Å². The molecular formula is C15H20ClN3O. The maximum absolute atomic E-state index is 12.6. The first-order valence-corrected chi connectivity index (χ1v) is 7.92. The molecule has 1 amide bonds. The van der Waals surface area contributed by atoms with Crippen molar-refractivity contribution >= 4 is 17.5 Å². The highest BCUT2D eigenvalue weighted by atomic mass is 35.5. The number of carbonyl (C=O) groups excluding carboxylic acids is 1. The summed E-state index contributed by atoms with van der Waals surface area (Å²) in [7, 11) is 0. The fraction of sp³-hybridized carbons (Fsp3) is 0.667. The highest BCUT2D eigenvalue weighted by Crippen LogP contribution is 2.32. The number of hydrogen-bond donors (Lipinski definition) is 0. The van der Waals surface area contributed by atoms with Crippen molar-refractivity contribution in [2.24, 2.45) is 5.92 Å². The average molecular weight is 294 g/mol. The minimum absolute atomic E-state index is 0.0160. The average Bonchev–Trinajstić information content (AvgIpc) is 3.30. The molecule has 0 saturated heterocycles. The van der Waals surface area contributed by atoms with Crippen LogP contribution in [0.1, 0.15) is 55.4 Å². The maximum atomic E-state index is 12.6. The zero-order valence-electron chi connectivity index (χ0n) is 11.6. The van der Waals surface area contributed by atoms with Crippen LogP contribution in [-0.4, -0.2) is 33.6 Å². The number of halogens is 1. The molecule has 0 radical (unpaired) electrons. The Kier molecular flexibility index (Phi) is 4.20. The van der Waals surface area contributed by atoms with Gasteiger partial charge in [-0.2, -0.15) is 0 Å². The fourth-order valence-electron chi connectivity index (χ4n) is 3.01. The van der Waals surface area contributed by atoms with Crippen molar-refractivity contribution in [2.45, 2.75) is 51.0 Å². The Hall–Kier alpha value is -1.16. The molecule has 0 aliphatic heterocycles. The van der Waals surface area contributed by atoms with E-state index in [0.717, 1.165) is 19.4 Å².